The van der Waals surface area contributed by atoms with Gasteiger partial charge in [-0.3, -0.25) is 0 Å². The summed E-state index contributed by atoms with van der Waals surface area (Å²) in [6.07, 6.45) is 2.19. The zero-order valence-electron chi connectivity index (χ0n) is 12.2. The van der Waals surface area contributed by atoms with Gasteiger partial charge in [0.05, 0.1) is 12.7 Å². The number of tetrazole rings is 1. The molecule has 2 N–H and O–H groups in total. The van der Waals surface area contributed by atoms with Gasteiger partial charge in [0.1, 0.15) is 5.75 Å². The molecule has 0 aliphatic rings. The summed E-state index contributed by atoms with van der Waals surface area (Å²) >= 11 is 0. The Kier molecular flexibility index (Phi) is 4.55. The van der Waals surface area contributed by atoms with Crippen LogP contribution in [0, 0.1) is 5.92 Å². The molecule has 0 saturated carbocycles. The highest BCUT2D eigenvalue weighted by atomic mass is 16.5. The second kappa shape index (κ2) is 6.36. The number of ether oxygens (including phenoxy) is 1. The van der Waals surface area contributed by atoms with E-state index in [-0.39, 0.29) is 0 Å². The van der Waals surface area contributed by atoms with Gasteiger partial charge in [0.25, 0.3) is 0 Å². The largest absolute Gasteiger partial charge is 0.496 e. The van der Waals surface area contributed by atoms with E-state index in [1.165, 1.54) is 0 Å². The number of anilines is 1. The number of nitrogen functional groups attached to an aromatic ring is 1. The van der Waals surface area contributed by atoms with Crippen molar-refractivity contribution in [1.29, 1.82) is 0 Å². The van der Waals surface area contributed by atoms with Crippen molar-refractivity contribution in [3.63, 3.8) is 0 Å². The minimum Gasteiger partial charge on any atom is -0.496 e. The van der Waals surface area contributed by atoms with Crippen molar-refractivity contribution >= 4 is 5.69 Å². The molecule has 1 heterocycles. The van der Waals surface area contributed by atoms with E-state index in [4.69, 9.17) is 10.5 Å². The van der Waals surface area contributed by atoms with Crippen LogP contribution >= 0.6 is 0 Å². The third-order valence-electron chi connectivity index (χ3n) is 3.15. The van der Waals surface area contributed by atoms with Crippen molar-refractivity contribution in [3.8, 4) is 17.1 Å². The molecule has 0 radical (unpaired) electrons. The number of rotatable bonds is 6. The fraction of sp³-hybridized carbons (Fsp3) is 0.500. The minimum atomic E-state index is 0.664. The molecule has 0 unspecified atom stereocenters. The fourth-order valence-electron chi connectivity index (χ4n) is 2.10. The summed E-state index contributed by atoms with van der Waals surface area (Å²) in [7, 11) is 1.63. The predicted octanol–water partition coefficient (Wildman–Crippen LogP) is 2.37. The molecule has 0 amide bonds. The minimum absolute atomic E-state index is 0.664. The van der Waals surface area contributed by atoms with Crippen LogP contribution in [-0.4, -0.2) is 27.3 Å². The van der Waals surface area contributed by atoms with E-state index in [0.717, 1.165) is 30.7 Å². The van der Waals surface area contributed by atoms with Crippen LogP contribution in [0.4, 0.5) is 5.69 Å². The van der Waals surface area contributed by atoms with Crippen LogP contribution in [0.25, 0.3) is 11.4 Å². The highest BCUT2D eigenvalue weighted by molar-refractivity contribution is 5.68. The van der Waals surface area contributed by atoms with Crippen LogP contribution in [0.3, 0.4) is 0 Å². The molecule has 0 saturated heterocycles. The number of hydrogen-bond acceptors (Lipinski definition) is 5. The standard InChI is InChI=1S/C14H21N5O/c1-10(2)5-4-8-19-14(16-17-18-19)12-9-11(15)6-7-13(12)20-3/h6-7,9-10H,4-5,8,15H2,1-3H3. The molecule has 2 aromatic rings. The maximum absolute atomic E-state index is 5.84. The number of nitrogens with zero attached hydrogens (tertiary/aromatic N) is 4. The normalized spacial score (nSPS) is 11.0. The van der Waals surface area contributed by atoms with Gasteiger partial charge in [-0.1, -0.05) is 13.8 Å². The lowest BCUT2D eigenvalue weighted by molar-refractivity contribution is 0.415. The first-order valence-corrected chi connectivity index (χ1v) is 6.82. The van der Waals surface area contributed by atoms with E-state index < -0.39 is 0 Å². The van der Waals surface area contributed by atoms with Crippen molar-refractivity contribution in [3.05, 3.63) is 18.2 Å². The van der Waals surface area contributed by atoms with Gasteiger partial charge < -0.3 is 10.5 Å². The quantitative estimate of drug-likeness (QED) is 0.819. The number of nitrogens with two attached hydrogens (primary N) is 1. The maximum atomic E-state index is 5.84. The Morgan fingerprint density at radius 3 is 2.85 bits per heavy atom. The number of hydrogen-bond donors (Lipinski definition) is 1. The monoisotopic (exact) mass is 275 g/mol. The lowest BCUT2D eigenvalue weighted by atomic mass is 10.1. The first-order valence-electron chi connectivity index (χ1n) is 6.82. The van der Waals surface area contributed by atoms with Gasteiger partial charge in [-0.05, 0) is 47.4 Å². The van der Waals surface area contributed by atoms with E-state index in [0.29, 0.717) is 17.4 Å². The summed E-state index contributed by atoms with van der Waals surface area (Å²) in [6, 6.07) is 5.47. The van der Waals surface area contributed by atoms with Gasteiger partial charge in [0.2, 0.25) is 0 Å². The third-order valence-corrected chi connectivity index (χ3v) is 3.15. The predicted molar refractivity (Wildman–Crippen MR) is 78.3 cm³/mol. The molecule has 0 fully saturated rings. The average molecular weight is 275 g/mol. The Morgan fingerprint density at radius 1 is 1.35 bits per heavy atom. The second-order valence-corrected chi connectivity index (χ2v) is 5.22. The van der Waals surface area contributed by atoms with E-state index in [2.05, 4.69) is 29.4 Å². The molecule has 1 aromatic heterocycles. The fourth-order valence-corrected chi connectivity index (χ4v) is 2.10. The highest BCUT2D eigenvalue weighted by Gasteiger charge is 2.14. The van der Waals surface area contributed by atoms with Crippen molar-refractivity contribution < 1.29 is 4.74 Å². The average Bonchev–Trinajstić information content (AvgIpc) is 2.86. The number of benzene rings is 1. The van der Waals surface area contributed by atoms with Crippen molar-refractivity contribution in [2.75, 3.05) is 12.8 Å². The lowest BCUT2D eigenvalue weighted by Crippen LogP contribution is -2.05. The molecule has 6 nitrogen and oxygen atoms in total. The topological polar surface area (TPSA) is 78.8 Å². The smallest absolute Gasteiger partial charge is 0.185 e. The summed E-state index contributed by atoms with van der Waals surface area (Å²) in [4.78, 5) is 0. The molecule has 108 valence electrons. The lowest BCUT2D eigenvalue weighted by Gasteiger charge is -2.10. The van der Waals surface area contributed by atoms with Crippen LogP contribution in [0.1, 0.15) is 26.7 Å². The van der Waals surface area contributed by atoms with Crippen LogP contribution in [0.2, 0.25) is 0 Å². The van der Waals surface area contributed by atoms with Gasteiger partial charge in [-0.15, -0.1) is 5.10 Å². The van der Waals surface area contributed by atoms with Crippen molar-refractivity contribution in [2.24, 2.45) is 5.92 Å². The third kappa shape index (κ3) is 3.26. The van der Waals surface area contributed by atoms with Gasteiger partial charge in [-0.25, -0.2) is 4.68 Å². The van der Waals surface area contributed by atoms with E-state index in [9.17, 15) is 0 Å². The molecule has 0 atom stereocenters. The summed E-state index contributed by atoms with van der Waals surface area (Å²) < 4.78 is 7.16. The molecule has 0 aliphatic carbocycles. The second-order valence-electron chi connectivity index (χ2n) is 5.22. The molecule has 6 heteroatoms. The van der Waals surface area contributed by atoms with Gasteiger partial charge in [-0.2, -0.15) is 0 Å². The Labute approximate surface area is 118 Å². The summed E-state index contributed by atoms with van der Waals surface area (Å²) in [5.41, 5.74) is 7.33. The van der Waals surface area contributed by atoms with Gasteiger partial charge >= 0.3 is 0 Å². The Morgan fingerprint density at radius 2 is 2.15 bits per heavy atom. The Bertz CT molecular complexity index is 564. The van der Waals surface area contributed by atoms with Gasteiger partial charge in [0, 0.05) is 12.2 Å². The van der Waals surface area contributed by atoms with Crippen LogP contribution in [-0.2, 0) is 6.54 Å². The molecular weight excluding hydrogens is 254 g/mol. The summed E-state index contributed by atoms with van der Waals surface area (Å²) in [5, 5.41) is 11.9. The zero-order chi connectivity index (χ0) is 14.5. The van der Waals surface area contributed by atoms with E-state index in [1.54, 1.807) is 17.9 Å². The summed E-state index contributed by atoms with van der Waals surface area (Å²) in [6.45, 7) is 5.21. The zero-order valence-corrected chi connectivity index (χ0v) is 12.2. The van der Waals surface area contributed by atoms with Crippen molar-refractivity contribution in [2.45, 2.75) is 33.2 Å². The Balaban J connectivity index is 2.25. The molecule has 0 aliphatic heterocycles. The van der Waals surface area contributed by atoms with Crippen LogP contribution in [0.15, 0.2) is 18.2 Å². The van der Waals surface area contributed by atoms with Crippen LogP contribution < -0.4 is 10.5 Å². The summed E-state index contributed by atoms with van der Waals surface area (Å²) in [5.74, 6) is 2.09. The first kappa shape index (κ1) is 14.3. The molecular formula is C14H21N5O. The van der Waals surface area contributed by atoms with E-state index >= 15 is 0 Å². The number of aromatic nitrogens is 4. The van der Waals surface area contributed by atoms with E-state index in [1.807, 2.05) is 12.1 Å². The number of methoxy groups -OCH3 is 1. The van der Waals surface area contributed by atoms with Crippen LogP contribution in [0.5, 0.6) is 5.75 Å². The van der Waals surface area contributed by atoms with Gasteiger partial charge in [0.15, 0.2) is 5.82 Å². The Hall–Kier alpha value is -2.11. The molecule has 0 spiro atoms. The molecule has 20 heavy (non-hydrogen) atoms. The van der Waals surface area contributed by atoms with Crippen molar-refractivity contribution in [1.82, 2.24) is 20.2 Å². The molecule has 2 rings (SSSR count). The molecule has 0 bridgehead atoms. The highest BCUT2D eigenvalue weighted by Crippen LogP contribution is 2.30. The molecule has 1 aromatic carbocycles. The SMILES string of the molecule is COc1ccc(N)cc1-c1nnnn1CCCC(C)C. The number of aryl methyl sites for hydroxylation is 1. The first-order chi connectivity index (χ1) is 9.61. The maximum Gasteiger partial charge on any atom is 0.185 e.